The van der Waals surface area contributed by atoms with E-state index in [0.29, 0.717) is 5.56 Å². The number of nitrogens with one attached hydrogen (secondary N) is 1. The van der Waals surface area contributed by atoms with Crippen molar-refractivity contribution in [3.05, 3.63) is 89.5 Å². The number of hydrogen-bond acceptors (Lipinski definition) is 5. The van der Waals surface area contributed by atoms with Crippen LogP contribution in [0.4, 0.5) is 9.18 Å². The first-order valence-corrected chi connectivity index (χ1v) is 10.0. The van der Waals surface area contributed by atoms with Gasteiger partial charge in [-0.3, -0.25) is 4.98 Å². The molecule has 164 valence electrons. The number of aromatic nitrogens is 1. The standard InChI is InChI=1S/C24H21FN2O5/c25-16-9-15(10-26-11-16)12-31-14-22(23(28)29)27-24(30)32-13-21-19-7-3-1-5-17(19)18-6-2-4-8-20(18)21/h1-11,21-22H,12-14H2,(H,27,30)(H,28,29). The Morgan fingerprint density at radius 2 is 1.72 bits per heavy atom. The molecule has 1 aliphatic rings. The van der Waals surface area contributed by atoms with E-state index in [9.17, 15) is 19.1 Å². The molecule has 0 aliphatic heterocycles. The van der Waals surface area contributed by atoms with Crippen molar-refractivity contribution in [3.8, 4) is 11.1 Å². The minimum Gasteiger partial charge on any atom is -0.480 e. The quantitative estimate of drug-likeness (QED) is 0.559. The molecule has 1 aromatic heterocycles. The van der Waals surface area contributed by atoms with Gasteiger partial charge in [-0.2, -0.15) is 0 Å². The summed E-state index contributed by atoms with van der Waals surface area (Å²) in [6, 6.07) is 15.8. The molecule has 4 rings (SSSR count). The Bertz CT molecular complexity index is 1090. The summed E-state index contributed by atoms with van der Waals surface area (Å²) < 4.78 is 23.9. The monoisotopic (exact) mass is 436 g/mol. The lowest BCUT2D eigenvalue weighted by molar-refractivity contribution is -0.141. The van der Waals surface area contributed by atoms with E-state index in [4.69, 9.17) is 9.47 Å². The van der Waals surface area contributed by atoms with Gasteiger partial charge in [0.15, 0.2) is 6.04 Å². The van der Waals surface area contributed by atoms with E-state index >= 15 is 0 Å². The van der Waals surface area contributed by atoms with E-state index < -0.39 is 23.9 Å². The first-order chi connectivity index (χ1) is 15.5. The van der Waals surface area contributed by atoms with Gasteiger partial charge in [0.05, 0.1) is 19.4 Å². The fourth-order valence-electron chi connectivity index (χ4n) is 3.79. The summed E-state index contributed by atoms with van der Waals surface area (Å²) in [5.74, 6) is -1.92. The molecule has 1 aliphatic carbocycles. The van der Waals surface area contributed by atoms with Gasteiger partial charge in [-0.15, -0.1) is 0 Å². The van der Waals surface area contributed by atoms with Crippen LogP contribution in [0.15, 0.2) is 67.0 Å². The van der Waals surface area contributed by atoms with Crippen LogP contribution in [0.5, 0.6) is 0 Å². The van der Waals surface area contributed by atoms with Crippen molar-refractivity contribution >= 4 is 12.1 Å². The van der Waals surface area contributed by atoms with Gasteiger partial charge in [0.1, 0.15) is 12.4 Å². The molecule has 0 spiro atoms. The Hall–Kier alpha value is -3.78. The molecule has 1 heterocycles. The number of halogens is 1. The summed E-state index contributed by atoms with van der Waals surface area (Å²) in [6.45, 7) is -0.279. The van der Waals surface area contributed by atoms with Gasteiger partial charge in [-0.25, -0.2) is 14.0 Å². The van der Waals surface area contributed by atoms with Crippen LogP contribution in [-0.2, 0) is 20.9 Å². The highest BCUT2D eigenvalue weighted by Gasteiger charge is 2.29. The third-order valence-corrected chi connectivity index (χ3v) is 5.25. The molecule has 2 N–H and O–H groups in total. The molecule has 0 saturated carbocycles. The summed E-state index contributed by atoms with van der Waals surface area (Å²) in [7, 11) is 0. The lowest BCUT2D eigenvalue weighted by Crippen LogP contribution is -2.44. The van der Waals surface area contributed by atoms with Crippen LogP contribution in [0.25, 0.3) is 11.1 Å². The number of pyridine rings is 1. The van der Waals surface area contributed by atoms with Gasteiger partial charge >= 0.3 is 12.1 Å². The predicted octanol–water partition coefficient (Wildman–Crippen LogP) is 3.73. The highest BCUT2D eigenvalue weighted by atomic mass is 19.1. The van der Waals surface area contributed by atoms with Crippen molar-refractivity contribution in [3.63, 3.8) is 0 Å². The van der Waals surface area contributed by atoms with Gasteiger partial charge < -0.3 is 19.9 Å². The average Bonchev–Trinajstić information content (AvgIpc) is 3.11. The number of amides is 1. The number of alkyl carbamates (subject to hydrolysis) is 1. The average molecular weight is 436 g/mol. The number of aliphatic carboxylic acids is 1. The number of nitrogens with zero attached hydrogens (tertiary/aromatic N) is 1. The zero-order chi connectivity index (χ0) is 22.5. The Morgan fingerprint density at radius 3 is 2.34 bits per heavy atom. The van der Waals surface area contributed by atoms with Gasteiger partial charge in [-0.05, 0) is 33.9 Å². The zero-order valence-corrected chi connectivity index (χ0v) is 17.0. The second-order valence-electron chi connectivity index (χ2n) is 7.39. The van der Waals surface area contributed by atoms with Gasteiger partial charge in [0.25, 0.3) is 0 Å². The van der Waals surface area contributed by atoms with Crippen molar-refractivity contribution in [1.82, 2.24) is 10.3 Å². The lowest BCUT2D eigenvalue weighted by atomic mass is 9.98. The third kappa shape index (κ3) is 4.76. The fraction of sp³-hybridized carbons (Fsp3) is 0.208. The van der Waals surface area contributed by atoms with E-state index in [1.807, 2.05) is 48.5 Å². The SMILES string of the molecule is O=C(NC(COCc1cncc(F)c1)C(=O)O)OCC1c2ccccc2-c2ccccc21. The molecule has 8 heteroatoms. The number of carboxylic acid groups (broad SMARTS) is 1. The van der Waals surface area contributed by atoms with E-state index in [0.717, 1.165) is 28.5 Å². The van der Waals surface area contributed by atoms with E-state index in [2.05, 4.69) is 10.3 Å². The van der Waals surface area contributed by atoms with Gasteiger partial charge in [0.2, 0.25) is 0 Å². The van der Waals surface area contributed by atoms with Crippen molar-refractivity contribution in [2.75, 3.05) is 13.2 Å². The topological polar surface area (TPSA) is 97.8 Å². The van der Waals surface area contributed by atoms with Crippen LogP contribution < -0.4 is 5.32 Å². The molecule has 0 saturated heterocycles. The van der Waals surface area contributed by atoms with Crippen LogP contribution in [0.2, 0.25) is 0 Å². The summed E-state index contributed by atoms with van der Waals surface area (Å²) in [6.07, 6.45) is 1.62. The maximum atomic E-state index is 13.2. The first kappa shape index (κ1) is 21.5. The smallest absolute Gasteiger partial charge is 0.407 e. The zero-order valence-electron chi connectivity index (χ0n) is 17.0. The minimum atomic E-state index is -1.31. The normalized spacial score (nSPS) is 13.2. The van der Waals surface area contributed by atoms with Gasteiger partial charge in [0, 0.05) is 12.1 Å². The van der Waals surface area contributed by atoms with Crippen molar-refractivity contribution in [2.24, 2.45) is 0 Å². The van der Waals surface area contributed by atoms with Crippen LogP contribution >= 0.6 is 0 Å². The number of carboxylic acids is 1. The summed E-state index contributed by atoms with van der Waals surface area (Å²) in [4.78, 5) is 27.5. The Balaban J connectivity index is 1.34. The molecule has 0 fully saturated rings. The van der Waals surface area contributed by atoms with Crippen LogP contribution in [0, 0.1) is 5.82 Å². The third-order valence-electron chi connectivity index (χ3n) is 5.25. The van der Waals surface area contributed by atoms with E-state index in [-0.39, 0.29) is 25.7 Å². The molecule has 32 heavy (non-hydrogen) atoms. The number of fused-ring (bicyclic) bond motifs is 3. The number of carbonyl (C=O) groups is 2. The van der Waals surface area contributed by atoms with Crippen molar-refractivity contribution in [2.45, 2.75) is 18.6 Å². The van der Waals surface area contributed by atoms with Gasteiger partial charge in [-0.1, -0.05) is 48.5 Å². The molecule has 1 amide bonds. The Labute approximate surface area is 183 Å². The molecule has 0 bridgehead atoms. The Morgan fingerprint density at radius 1 is 1.06 bits per heavy atom. The van der Waals surface area contributed by atoms with Crippen LogP contribution in [-0.4, -0.2) is 41.4 Å². The van der Waals surface area contributed by atoms with Crippen molar-refractivity contribution in [1.29, 1.82) is 0 Å². The number of carbonyl (C=O) groups excluding carboxylic acids is 1. The fourth-order valence-corrected chi connectivity index (χ4v) is 3.79. The molecular weight excluding hydrogens is 415 g/mol. The molecule has 1 unspecified atom stereocenters. The lowest BCUT2D eigenvalue weighted by Gasteiger charge is -2.17. The van der Waals surface area contributed by atoms with Crippen LogP contribution in [0.1, 0.15) is 22.6 Å². The predicted molar refractivity (Wildman–Crippen MR) is 113 cm³/mol. The summed E-state index contributed by atoms with van der Waals surface area (Å²) in [5, 5.41) is 11.7. The minimum absolute atomic E-state index is 0.0408. The van der Waals surface area contributed by atoms with E-state index in [1.165, 1.54) is 12.3 Å². The highest BCUT2D eigenvalue weighted by Crippen LogP contribution is 2.44. The van der Waals surface area contributed by atoms with Crippen molar-refractivity contribution < 1.29 is 28.6 Å². The highest BCUT2D eigenvalue weighted by molar-refractivity contribution is 5.81. The molecule has 0 radical (unpaired) electrons. The molecule has 3 aromatic rings. The second-order valence-corrected chi connectivity index (χ2v) is 7.39. The Kier molecular flexibility index (Phi) is 6.42. The molecular formula is C24H21FN2O5. The number of rotatable bonds is 8. The maximum Gasteiger partial charge on any atom is 0.407 e. The number of ether oxygens (including phenoxy) is 2. The summed E-state index contributed by atoms with van der Waals surface area (Å²) in [5.41, 5.74) is 4.77. The van der Waals surface area contributed by atoms with E-state index in [1.54, 1.807) is 0 Å². The molecule has 2 aromatic carbocycles. The molecule has 1 atom stereocenters. The second kappa shape index (κ2) is 9.57. The first-order valence-electron chi connectivity index (χ1n) is 10.0. The number of hydrogen-bond donors (Lipinski definition) is 2. The number of benzene rings is 2. The maximum absolute atomic E-state index is 13.2. The summed E-state index contributed by atoms with van der Waals surface area (Å²) >= 11 is 0. The van der Waals surface area contributed by atoms with Crippen LogP contribution in [0.3, 0.4) is 0 Å². The largest absolute Gasteiger partial charge is 0.480 e. The molecule has 7 nitrogen and oxygen atoms in total.